The molecule has 2 N–H and O–H groups in total. The first-order chi connectivity index (χ1) is 14.8. The molecule has 0 atom stereocenters. The molecule has 0 saturated carbocycles. The maximum atomic E-state index is 13.0. The number of alkyl halides is 3. The lowest BCUT2D eigenvalue weighted by atomic mass is 10.1. The van der Waals surface area contributed by atoms with E-state index in [1.807, 2.05) is 0 Å². The molecule has 0 aliphatic carbocycles. The molecule has 2 aromatic rings. The van der Waals surface area contributed by atoms with Gasteiger partial charge in [0.25, 0.3) is 0 Å². The van der Waals surface area contributed by atoms with E-state index in [4.69, 9.17) is 26.8 Å². The number of allylic oxidation sites excluding steroid dienone is 2. The standard InChI is InChI=1S/C22H23ClF3N3O2/c23-18-3-1-2-4-19(18)28-20(15-21(27)22(24,25)26)16-5-7-17(8-6-16)31-14-11-29-9-12-30-13-10-29/h1-8,15H,9-14,27H2. The van der Waals surface area contributed by atoms with Gasteiger partial charge < -0.3 is 15.2 Å². The highest BCUT2D eigenvalue weighted by Crippen LogP contribution is 2.27. The second-order valence-electron chi connectivity index (χ2n) is 6.87. The number of rotatable bonds is 7. The number of benzene rings is 2. The van der Waals surface area contributed by atoms with Crippen molar-refractivity contribution < 1.29 is 22.6 Å². The maximum Gasteiger partial charge on any atom is 0.430 e. The van der Waals surface area contributed by atoms with E-state index in [1.165, 1.54) is 0 Å². The Morgan fingerprint density at radius 3 is 2.45 bits per heavy atom. The Bertz CT molecular complexity index is 924. The molecule has 2 aromatic carbocycles. The third-order valence-corrected chi connectivity index (χ3v) is 4.96. The van der Waals surface area contributed by atoms with Gasteiger partial charge in [-0.2, -0.15) is 13.2 Å². The van der Waals surface area contributed by atoms with Gasteiger partial charge in [-0.05, 0) is 42.5 Å². The van der Waals surface area contributed by atoms with Crippen LogP contribution in [0.25, 0.3) is 0 Å². The maximum absolute atomic E-state index is 13.0. The summed E-state index contributed by atoms with van der Waals surface area (Å²) in [5.41, 5.74) is 4.82. The molecule has 3 rings (SSSR count). The molecular formula is C22H23ClF3N3O2. The minimum atomic E-state index is -4.66. The number of halogens is 4. The van der Waals surface area contributed by atoms with E-state index in [0.29, 0.717) is 28.6 Å². The molecule has 1 aliphatic heterocycles. The van der Waals surface area contributed by atoms with E-state index >= 15 is 0 Å². The predicted molar refractivity (Wildman–Crippen MR) is 115 cm³/mol. The Hall–Kier alpha value is -2.55. The average molecular weight is 454 g/mol. The van der Waals surface area contributed by atoms with Gasteiger partial charge in [-0.3, -0.25) is 4.90 Å². The number of para-hydroxylation sites is 1. The van der Waals surface area contributed by atoms with Gasteiger partial charge in [-0.1, -0.05) is 23.7 Å². The Kier molecular flexibility index (Phi) is 7.95. The molecule has 1 heterocycles. The number of hydrogen-bond donors (Lipinski definition) is 1. The molecule has 1 aliphatic rings. The van der Waals surface area contributed by atoms with Crippen molar-refractivity contribution in [2.24, 2.45) is 10.7 Å². The fraction of sp³-hybridized carbons (Fsp3) is 0.318. The molecule has 0 unspecified atom stereocenters. The molecular weight excluding hydrogens is 431 g/mol. The topological polar surface area (TPSA) is 60.1 Å². The second kappa shape index (κ2) is 10.7. The lowest BCUT2D eigenvalue weighted by Gasteiger charge is -2.26. The van der Waals surface area contributed by atoms with Crippen molar-refractivity contribution in [1.82, 2.24) is 4.90 Å². The lowest BCUT2D eigenvalue weighted by molar-refractivity contribution is -0.0925. The van der Waals surface area contributed by atoms with Gasteiger partial charge >= 0.3 is 6.18 Å². The molecule has 0 amide bonds. The monoisotopic (exact) mass is 453 g/mol. The highest BCUT2D eigenvalue weighted by Gasteiger charge is 2.31. The van der Waals surface area contributed by atoms with Gasteiger partial charge in [0.2, 0.25) is 0 Å². The van der Waals surface area contributed by atoms with E-state index in [9.17, 15) is 13.2 Å². The van der Waals surface area contributed by atoms with E-state index in [2.05, 4.69) is 9.89 Å². The van der Waals surface area contributed by atoms with Crippen LogP contribution in [0.5, 0.6) is 5.75 Å². The summed E-state index contributed by atoms with van der Waals surface area (Å²) in [7, 11) is 0. The number of aliphatic imine (C=N–C) groups is 1. The van der Waals surface area contributed by atoms with Crippen molar-refractivity contribution in [2.75, 3.05) is 39.5 Å². The van der Waals surface area contributed by atoms with Gasteiger partial charge in [-0.15, -0.1) is 0 Å². The molecule has 1 fully saturated rings. The lowest BCUT2D eigenvalue weighted by Crippen LogP contribution is -2.38. The first-order valence-corrected chi connectivity index (χ1v) is 10.1. The van der Waals surface area contributed by atoms with Gasteiger partial charge in [0, 0.05) is 25.2 Å². The molecule has 0 radical (unpaired) electrons. The van der Waals surface area contributed by atoms with Crippen LogP contribution in [0.1, 0.15) is 5.56 Å². The Balaban J connectivity index is 1.76. The van der Waals surface area contributed by atoms with Crippen LogP contribution in [-0.4, -0.2) is 56.2 Å². The average Bonchev–Trinajstić information content (AvgIpc) is 2.75. The van der Waals surface area contributed by atoms with Crippen LogP contribution in [0.15, 0.2) is 65.3 Å². The zero-order valence-corrected chi connectivity index (χ0v) is 17.5. The number of morpholine rings is 1. The molecule has 166 valence electrons. The first-order valence-electron chi connectivity index (χ1n) is 9.74. The molecule has 31 heavy (non-hydrogen) atoms. The highest BCUT2D eigenvalue weighted by molar-refractivity contribution is 6.33. The smallest absolute Gasteiger partial charge is 0.430 e. The van der Waals surface area contributed by atoms with Crippen molar-refractivity contribution in [1.29, 1.82) is 0 Å². The number of hydrogen-bond acceptors (Lipinski definition) is 5. The Morgan fingerprint density at radius 2 is 1.81 bits per heavy atom. The van der Waals surface area contributed by atoms with Crippen molar-refractivity contribution in [3.63, 3.8) is 0 Å². The zero-order chi connectivity index (χ0) is 22.3. The second-order valence-corrected chi connectivity index (χ2v) is 7.28. The SMILES string of the molecule is NC(=CC(=Nc1ccccc1Cl)c1ccc(OCCN2CCOCC2)cc1)C(F)(F)F. The molecule has 0 aromatic heterocycles. The normalized spacial score (nSPS) is 16.4. The van der Waals surface area contributed by atoms with Gasteiger partial charge in [0.15, 0.2) is 0 Å². The molecule has 9 heteroatoms. The van der Waals surface area contributed by atoms with Crippen LogP contribution in [0.4, 0.5) is 18.9 Å². The quantitative estimate of drug-likeness (QED) is 0.623. The molecule has 1 saturated heterocycles. The summed E-state index contributed by atoms with van der Waals surface area (Å²) in [6.45, 7) is 4.46. The van der Waals surface area contributed by atoms with Crippen LogP contribution >= 0.6 is 11.6 Å². The largest absolute Gasteiger partial charge is 0.492 e. The Morgan fingerprint density at radius 1 is 1.13 bits per heavy atom. The van der Waals surface area contributed by atoms with Crippen LogP contribution in [-0.2, 0) is 4.74 Å². The predicted octanol–water partition coefficient (Wildman–Crippen LogP) is 4.58. The number of nitrogens with zero attached hydrogens (tertiary/aromatic N) is 2. The van der Waals surface area contributed by atoms with E-state index in [0.717, 1.165) is 38.9 Å². The van der Waals surface area contributed by atoms with Gasteiger partial charge in [0.05, 0.1) is 29.6 Å². The van der Waals surface area contributed by atoms with Crippen molar-refractivity contribution in [3.05, 3.63) is 70.9 Å². The van der Waals surface area contributed by atoms with E-state index in [1.54, 1.807) is 48.5 Å². The third-order valence-electron chi connectivity index (χ3n) is 4.64. The fourth-order valence-electron chi connectivity index (χ4n) is 2.92. The summed E-state index contributed by atoms with van der Waals surface area (Å²) >= 11 is 6.12. The summed E-state index contributed by atoms with van der Waals surface area (Å²) in [4.78, 5) is 6.55. The zero-order valence-electron chi connectivity index (χ0n) is 16.7. The highest BCUT2D eigenvalue weighted by atomic mass is 35.5. The van der Waals surface area contributed by atoms with Crippen molar-refractivity contribution >= 4 is 23.0 Å². The van der Waals surface area contributed by atoms with Gasteiger partial charge in [0.1, 0.15) is 18.1 Å². The summed E-state index contributed by atoms with van der Waals surface area (Å²) in [6.07, 6.45) is -3.86. The minimum Gasteiger partial charge on any atom is -0.492 e. The van der Waals surface area contributed by atoms with Crippen LogP contribution < -0.4 is 10.5 Å². The molecule has 0 spiro atoms. The van der Waals surface area contributed by atoms with Crippen molar-refractivity contribution in [2.45, 2.75) is 6.18 Å². The Labute approximate surface area is 183 Å². The van der Waals surface area contributed by atoms with Crippen LogP contribution in [0.3, 0.4) is 0 Å². The van der Waals surface area contributed by atoms with Crippen LogP contribution in [0.2, 0.25) is 5.02 Å². The first kappa shape index (κ1) is 23.1. The molecule has 0 bridgehead atoms. The molecule has 5 nitrogen and oxygen atoms in total. The fourth-order valence-corrected chi connectivity index (χ4v) is 3.10. The van der Waals surface area contributed by atoms with E-state index < -0.39 is 11.9 Å². The summed E-state index contributed by atoms with van der Waals surface area (Å²) in [6, 6.07) is 13.3. The van der Waals surface area contributed by atoms with Crippen LogP contribution in [0, 0.1) is 0 Å². The number of nitrogens with two attached hydrogens (primary N) is 1. The van der Waals surface area contributed by atoms with Gasteiger partial charge in [-0.25, -0.2) is 4.99 Å². The summed E-state index contributed by atoms with van der Waals surface area (Å²) in [5.74, 6) is 0.613. The number of ether oxygens (including phenoxy) is 2. The summed E-state index contributed by atoms with van der Waals surface area (Å²) in [5, 5.41) is 0.321. The minimum absolute atomic E-state index is 0.0443. The van der Waals surface area contributed by atoms with Crippen molar-refractivity contribution in [3.8, 4) is 5.75 Å². The van der Waals surface area contributed by atoms with E-state index in [-0.39, 0.29) is 5.71 Å². The summed E-state index contributed by atoms with van der Waals surface area (Å²) < 4.78 is 50.0. The third kappa shape index (κ3) is 6.99.